The summed E-state index contributed by atoms with van der Waals surface area (Å²) in [4.78, 5) is 39.6. The van der Waals surface area contributed by atoms with Crippen molar-refractivity contribution >= 4 is 17.8 Å². The molecule has 2 rings (SSSR count). The molecule has 106 valence electrons. The summed E-state index contributed by atoms with van der Waals surface area (Å²) in [6.45, 7) is 1.47. The van der Waals surface area contributed by atoms with Crippen molar-refractivity contribution in [3.63, 3.8) is 0 Å². The summed E-state index contributed by atoms with van der Waals surface area (Å²) in [6, 6.07) is 1.82. The van der Waals surface area contributed by atoms with Crippen LogP contribution < -0.4 is 5.73 Å². The fourth-order valence-electron chi connectivity index (χ4n) is 1.93. The number of aliphatic carboxylic acids is 1. The average molecular weight is 277 g/mol. The number of rotatable bonds is 5. The number of nitrogens with zero attached hydrogens (tertiary/aromatic N) is 2. The van der Waals surface area contributed by atoms with Crippen molar-refractivity contribution in [1.82, 2.24) is 9.88 Å². The van der Waals surface area contributed by atoms with Gasteiger partial charge in [0.2, 0.25) is 5.91 Å². The predicted molar refractivity (Wildman–Crippen MR) is 69.0 cm³/mol. The minimum absolute atomic E-state index is 0.0498. The minimum Gasteiger partial charge on any atom is -0.480 e. The Bertz CT molecular complexity index is 551. The first-order valence-corrected chi connectivity index (χ1v) is 6.23. The fourth-order valence-corrected chi connectivity index (χ4v) is 1.93. The van der Waals surface area contributed by atoms with E-state index >= 15 is 0 Å². The quantitative estimate of drug-likeness (QED) is 0.801. The molecular weight excluding hydrogens is 262 g/mol. The Morgan fingerprint density at radius 2 is 2.05 bits per heavy atom. The number of aromatic nitrogens is 1. The van der Waals surface area contributed by atoms with Crippen LogP contribution in [0.2, 0.25) is 0 Å². The van der Waals surface area contributed by atoms with Crippen molar-refractivity contribution < 1.29 is 19.5 Å². The monoisotopic (exact) mass is 277 g/mol. The van der Waals surface area contributed by atoms with Gasteiger partial charge in [-0.05, 0) is 31.9 Å². The molecule has 1 fully saturated rings. The van der Waals surface area contributed by atoms with Crippen LogP contribution in [-0.4, -0.2) is 44.9 Å². The molecule has 1 aromatic heterocycles. The van der Waals surface area contributed by atoms with E-state index in [0.717, 1.165) is 12.8 Å². The number of carbonyl (C=O) groups excluding carboxylic acids is 2. The van der Waals surface area contributed by atoms with E-state index < -0.39 is 23.8 Å². The van der Waals surface area contributed by atoms with Crippen LogP contribution in [0.1, 0.15) is 40.6 Å². The van der Waals surface area contributed by atoms with Gasteiger partial charge in [-0.15, -0.1) is 0 Å². The lowest BCUT2D eigenvalue weighted by Crippen LogP contribution is -2.45. The van der Waals surface area contributed by atoms with Crippen molar-refractivity contribution in [2.24, 2.45) is 5.73 Å². The number of carboxylic acid groups (broad SMARTS) is 1. The molecule has 1 atom stereocenters. The summed E-state index contributed by atoms with van der Waals surface area (Å²) < 4.78 is 0. The van der Waals surface area contributed by atoms with Crippen LogP contribution in [0.5, 0.6) is 0 Å². The van der Waals surface area contributed by atoms with E-state index in [1.165, 1.54) is 30.2 Å². The van der Waals surface area contributed by atoms with E-state index in [-0.39, 0.29) is 17.3 Å². The zero-order valence-corrected chi connectivity index (χ0v) is 10.9. The standard InChI is InChI=1S/C13H15N3O4/c1-7(13(19)20)16(9-3-4-9)12(18)10-5-2-8(6-15-10)11(14)17/h2,5-7,9H,3-4H2,1H3,(H2,14,17)(H,19,20). The van der Waals surface area contributed by atoms with E-state index in [1.54, 1.807) is 0 Å². The van der Waals surface area contributed by atoms with Crippen LogP contribution in [0.4, 0.5) is 0 Å². The molecular formula is C13H15N3O4. The van der Waals surface area contributed by atoms with Gasteiger partial charge in [-0.2, -0.15) is 0 Å². The minimum atomic E-state index is -1.06. The third-order valence-electron chi connectivity index (χ3n) is 3.22. The normalized spacial score (nSPS) is 15.4. The van der Waals surface area contributed by atoms with E-state index in [9.17, 15) is 14.4 Å². The van der Waals surface area contributed by atoms with E-state index in [1.807, 2.05) is 0 Å². The smallest absolute Gasteiger partial charge is 0.326 e. The first-order chi connectivity index (χ1) is 9.41. The van der Waals surface area contributed by atoms with Crippen LogP contribution in [0.3, 0.4) is 0 Å². The number of pyridine rings is 1. The first kappa shape index (κ1) is 14.0. The molecule has 3 N–H and O–H groups in total. The Balaban J connectivity index is 2.23. The second-order valence-electron chi connectivity index (χ2n) is 4.75. The maximum Gasteiger partial charge on any atom is 0.326 e. The lowest BCUT2D eigenvalue weighted by Gasteiger charge is -2.26. The first-order valence-electron chi connectivity index (χ1n) is 6.23. The van der Waals surface area contributed by atoms with E-state index in [2.05, 4.69) is 4.98 Å². The lowest BCUT2D eigenvalue weighted by atomic mass is 10.2. The van der Waals surface area contributed by atoms with Crippen molar-refractivity contribution in [3.05, 3.63) is 29.6 Å². The highest BCUT2D eigenvalue weighted by Crippen LogP contribution is 2.30. The van der Waals surface area contributed by atoms with E-state index in [4.69, 9.17) is 10.8 Å². The van der Waals surface area contributed by atoms with Gasteiger partial charge in [0.05, 0.1) is 5.56 Å². The molecule has 7 nitrogen and oxygen atoms in total. The molecule has 0 bridgehead atoms. The van der Waals surface area contributed by atoms with Crippen molar-refractivity contribution in [3.8, 4) is 0 Å². The highest BCUT2D eigenvalue weighted by molar-refractivity contribution is 5.97. The Hall–Kier alpha value is -2.44. The number of nitrogens with two attached hydrogens (primary N) is 1. The second-order valence-corrected chi connectivity index (χ2v) is 4.75. The zero-order chi connectivity index (χ0) is 14.9. The summed E-state index contributed by atoms with van der Waals surface area (Å²) in [7, 11) is 0. The SMILES string of the molecule is CC(C(=O)O)N(C(=O)c1ccc(C(N)=O)cn1)C1CC1. The van der Waals surface area contributed by atoms with Crippen LogP contribution >= 0.6 is 0 Å². The van der Waals surface area contributed by atoms with Gasteiger partial charge >= 0.3 is 5.97 Å². The van der Waals surface area contributed by atoms with Crippen molar-refractivity contribution in [2.45, 2.75) is 31.8 Å². The fraction of sp³-hybridized carbons (Fsp3) is 0.385. The highest BCUT2D eigenvalue weighted by Gasteiger charge is 2.39. The molecule has 0 spiro atoms. The molecule has 1 aliphatic rings. The predicted octanol–water partition coefficient (Wildman–Crippen LogP) is 0.258. The van der Waals surface area contributed by atoms with Crippen LogP contribution in [0.15, 0.2) is 18.3 Å². The molecule has 1 saturated carbocycles. The Morgan fingerprint density at radius 3 is 2.45 bits per heavy atom. The van der Waals surface area contributed by atoms with Gasteiger partial charge < -0.3 is 15.7 Å². The van der Waals surface area contributed by atoms with Crippen molar-refractivity contribution in [2.75, 3.05) is 0 Å². The van der Waals surface area contributed by atoms with E-state index in [0.29, 0.717) is 0 Å². The summed E-state index contributed by atoms with van der Waals surface area (Å²) >= 11 is 0. The molecule has 0 aromatic carbocycles. The third kappa shape index (κ3) is 2.76. The van der Waals surface area contributed by atoms with Gasteiger partial charge in [0.15, 0.2) is 0 Å². The highest BCUT2D eigenvalue weighted by atomic mass is 16.4. The molecule has 0 aliphatic heterocycles. The maximum absolute atomic E-state index is 12.3. The number of carbonyl (C=O) groups is 3. The van der Waals surface area contributed by atoms with Crippen LogP contribution in [0.25, 0.3) is 0 Å². The number of hydrogen-bond acceptors (Lipinski definition) is 4. The van der Waals surface area contributed by atoms with Gasteiger partial charge in [-0.1, -0.05) is 0 Å². The topological polar surface area (TPSA) is 114 Å². The summed E-state index contributed by atoms with van der Waals surface area (Å²) in [6.07, 6.45) is 2.80. The van der Waals surface area contributed by atoms with Crippen LogP contribution in [0, 0.1) is 0 Å². The lowest BCUT2D eigenvalue weighted by molar-refractivity contribution is -0.141. The molecule has 1 heterocycles. The number of hydrogen-bond donors (Lipinski definition) is 2. The zero-order valence-electron chi connectivity index (χ0n) is 10.9. The van der Waals surface area contributed by atoms with Gasteiger partial charge in [-0.3, -0.25) is 14.6 Å². The Labute approximate surface area is 115 Å². The molecule has 1 unspecified atom stereocenters. The summed E-state index contributed by atoms with van der Waals surface area (Å²) in [5, 5.41) is 9.07. The molecule has 2 amide bonds. The maximum atomic E-state index is 12.3. The van der Waals surface area contributed by atoms with Crippen molar-refractivity contribution in [1.29, 1.82) is 0 Å². The largest absolute Gasteiger partial charge is 0.480 e. The Morgan fingerprint density at radius 1 is 1.40 bits per heavy atom. The molecule has 0 saturated heterocycles. The van der Waals surface area contributed by atoms with Gasteiger partial charge in [0, 0.05) is 12.2 Å². The summed E-state index contributed by atoms with van der Waals surface area (Å²) in [5.41, 5.74) is 5.40. The third-order valence-corrected chi connectivity index (χ3v) is 3.22. The van der Waals surface area contributed by atoms with Gasteiger partial charge in [-0.25, -0.2) is 4.79 Å². The number of carboxylic acids is 1. The second kappa shape index (κ2) is 5.28. The molecule has 1 aromatic rings. The van der Waals surface area contributed by atoms with Gasteiger partial charge in [0.1, 0.15) is 11.7 Å². The summed E-state index contributed by atoms with van der Waals surface area (Å²) in [5.74, 6) is -2.13. The van der Waals surface area contributed by atoms with Crippen LogP contribution in [-0.2, 0) is 4.79 Å². The van der Waals surface area contributed by atoms with Gasteiger partial charge in [0.25, 0.3) is 5.91 Å². The molecule has 7 heteroatoms. The number of amides is 2. The number of primary amides is 1. The molecule has 1 aliphatic carbocycles. The Kier molecular flexibility index (Phi) is 3.69. The molecule has 20 heavy (non-hydrogen) atoms. The average Bonchev–Trinajstić information content (AvgIpc) is 3.23. The molecule has 0 radical (unpaired) electrons.